The Kier molecular flexibility index (Phi) is 2.58. The summed E-state index contributed by atoms with van der Waals surface area (Å²) in [6.45, 7) is 0.0747. The molecule has 0 saturated carbocycles. The number of hydrogen-bond donors (Lipinski definition) is 2. The van der Waals surface area contributed by atoms with Gasteiger partial charge < -0.3 is 15.4 Å². The fourth-order valence-corrected chi connectivity index (χ4v) is 1.61. The van der Waals surface area contributed by atoms with Gasteiger partial charge in [-0.1, -0.05) is 5.16 Å². The van der Waals surface area contributed by atoms with Crippen molar-refractivity contribution in [2.45, 2.75) is 6.10 Å². The molecule has 0 spiro atoms. The molecule has 2 aromatic heterocycles. The van der Waals surface area contributed by atoms with Gasteiger partial charge in [0, 0.05) is 17.5 Å². The first-order valence-corrected chi connectivity index (χ1v) is 5.00. The van der Waals surface area contributed by atoms with Gasteiger partial charge in [0.05, 0.1) is 0 Å². The molecule has 0 amide bonds. The summed E-state index contributed by atoms with van der Waals surface area (Å²) < 4.78 is 4.85. The molecule has 0 bridgehead atoms. The molecule has 3 N–H and O–H groups in total. The average Bonchev–Trinajstić information content (AvgIpc) is 2.86. The molecule has 0 aromatic carbocycles. The third kappa shape index (κ3) is 1.67. The van der Waals surface area contributed by atoms with Crippen molar-refractivity contribution in [3.63, 3.8) is 0 Å². The fraction of sp³-hybridized carbons (Fsp3) is 0.250. The van der Waals surface area contributed by atoms with E-state index in [1.54, 1.807) is 11.3 Å². The van der Waals surface area contributed by atoms with Crippen molar-refractivity contribution in [1.82, 2.24) is 10.1 Å². The van der Waals surface area contributed by atoms with Crippen LogP contribution in [0.4, 0.5) is 0 Å². The van der Waals surface area contributed by atoms with Crippen molar-refractivity contribution in [3.05, 3.63) is 22.7 Å². The molecule has 14 heavy (non-hydrogen) atoms. The lowest BCUT2D eigenvalue weighted by atomic mass is 10.3. The predicted molar refractivity (Wildman–Crippen MR) is 51.6 cm³/mol. The summed E-state index contributed by atoms with van der Waals surface area (Å²) in [6, 6.07) is 1.88. The minimum atomic E-state index is -0.880. The van der Waals surface area contributed by atoms with Gasteiger partial charge in [0.25, 0.3) is 5.89 Å². The monoisotopic (exact) mass is 211 g/mol. The smallest absolute Gasteiger partial charge is 0.257 e. The van der Waals surface area contributed by atoms with Crippen molar-refractivity contribution < 1.29 is 9.63 Å². The first kappa shape index (κ1) is 9.32. The van der Waals surface area contributed by atoms with Crippen LogP contribution in [0.1, 0.15) is 12.0 Å². The van der Waals surface area contributed by atoms with Gasteiger partial charge in [-0.25, -0.2) is 0 Å². The van der Waals surface area contributed by atoms with Crippen LogP contribution in [0.5, 0.6) is 0 Å². The molecule has 6 heteroatoms. The van der Waals surface area contributed by atoms with Crippen LogP contribution >= 0.6 is 11.3 Å². The Labute approximate surface area is 84.2 Å². The Morgan fingerprint density at radius 2 is 2.50 bits per heavy atom. The summed E-state index contributed by atoms with van der Waals surface area (Å²) in [5, 5.41) is 16.9. The largest absolute Gasteiger partial charge is 0.382 e. The maximum Gasteiger partial charge on any atom is 0.257 e. The third-order valence-corrected chi connectivity index (χ3v) is 2.41. The number of thiophene rings is 1. The molecule has 1 unspecified atom stereocenters. The molecule has 0 saturated heterocycles. The van der Waals surface area contributed by atoms with Gasteiger partial charge in [-0.3, -0.25) is 0 Å². The normalized spacial score (nSPS) is 13.0. The van der Waals surface area contributed by atoms with Gasteiger partial charge in [-0.15, -0.1) is 0 Å². The highest BCUT2D eigenvalue weighted by Crippen LogP contribution is 2.20. The van der Waals surface area contributed by atoms with Crippen LogP contribution < -0.4 is 5.73 Å². The van der Waals surface area contributed by atoms with Crippen LogP contribution in [0.2, 0.25) is 0 Å². The summed E-state index contributed by atoms with van der Waals surface area (Å²) in [6.07, 6.45) is -0.880. The maximum atomic E-state index is 9.32. The first-order chi connectivity index (χ1) is 6.81. The lowest BCUT2D eigenvalue weighted by Gasteiger charge is -1.97. The third-order valence-electron chi connectivity index (χ3n) is 1.73. The summed E-state index contributed by atoms with van der Waals surface area (Å²) in [4.78, 5) is 4.02. The zero-order valence-electron chi connectivity index (χ0n) is 7.25. The molecule has 0 aliphatic carbocycles. The summed E-state index contributed by atoms with van der Waals surface area (Å²) in [5.74, 6) is 0.641. The minimum absolute atomic E-state index is 0.0747. The molecule has 2 rings (SSSR count). The molecule has 0 radical (unpaired) electrons. The van der Waals surface area contributed by atoms with Gasteiger partial charge in [0.2, 0.25) is 5.82 Å². The minimum Gasteiger partial charge on any atom is -0.382 e. The lowest BCUT2D eigenvalue weighted by Crippen LogP contribution is -2.11. The van der Waals surface area contributed by atoms with Crippen molar-refractivity contribution >= 4 is 11.3 Å². The van der Waals surface area contributed by atoms with Gasteiger partial charge in [0.15, 0.2) is 0 Å². The molecular weight excluding hydrogens is 202 g/mol. The first-order valence-electron chi connectivity index (χ1n) is 4.05. The number of aliphatic hydroxyl groups is 1. The van der Waals surface area contributed by atoms with Crippen LogP contribution in [0.3, 0.4) is 0 Å². The Balaban J connectivity index is 2.26. The molecule has 2 aromatic rings. The topological polar surface area (TPSA) is 85.2 Å². The van der Waals surface area contributed by atoms with Crippen molar-refractivity contribution in [2.75, 3.05) is 6.54 Å². The Morgan fingerprint density at radius 3 is 3.14 bits per heavy atom. The van der Waals surface area contributed by atoms with E-state index in [1.165, 1.54) is 0 Å². The quantitative estimate of drug-likeness (QED) is 0.784. The SMILES string of the molecule is NCC(O)c1nc(-c2ccsc2)no1. The summed E-state index contributed by atoms with van der Waals surface area (Å²) >= 11 is 1.55. The van der Waals surface area contributed by atoms with E-state index in [4.69, 9.17) is 10.3 Å². The van der Waals surface area contributed by atoms with E-state index in [0.29, 0.717) is 5.82 Å². The van der Waals surface area contributed by atoms with Crippen LogP contribution in [-0.2, 0) is 0 Å². The molecule has 74 valence electrons. The van der Waals surface area contributed by atoms with E-state index in [0.717, 1.165) is 5.56 Å². The van der Waals surface area contributed by atoms with Gasteiger partial charge >= 0.3 is 0 Å². The number of nitrogens with two attached hydrogens (primary N) is 1. The molecule has 0 aliphatic heterocycles. The second kappa shape index (κ2) is 3.87. The zero-order valence-corrected chi connectivity index (χ0v) is 8.07. The van der Waals surface area contributed by atoms with Gasteiger partial charge in [-0.05, 0) is 11.4 Å². The second-order valence-electron chi connectivity index (χ2n) is 2.72. The highest BCUT2D eigenvalue weighted by molar-refractivity contribution is 7.08. The van der Waals surface area contributed by atoms with Crippen molar-refractivity contribution in [3.8, 4) is 11.4 Å². The van der Waals surface area contributed by atoms with Crippen LogP contribution in [0.25, 0.3) is 11.4 Å². The number of hydrogen-bond acceptors (Lipinski definition) is 6. The van der Waals surface area contributed by atoms with E-state index < -0.39 is 6.10 Å². The highest BCUT2D eigenvalue weighted by atomic mass is 32.1. The number of aromatic nitrogens is 2. The van der Waals surface area contributed by atoms with E-state index in [-0.39, 0.29) is 12.4 Å². The zero-order chi connectivity index (χ0) is 9.97. The highest BCUT2D eigenvalue weighted by Gasteiger charge is 2.15. The molecule has 1 atom stereocenters. The van der Waals surface area contributed by atoms with Crippen LogP contribution in [0.15, 0.2) is 21.3 Å². The van der Waals surface area contributed by atoms with Crippen molar-refractivity contribution in [1.29, 1.82) is 0 Å². The predicted octanol–water partition coefficient (Wildman–Crippen LogP) is 0.790. The summed E-state index contributed by atoms with van der Waals surface area (Å²) in [7, 11) is 0. The number of nitrogens with zero attached hydrogens (tertiary/aromatic N) is 2. The van der Waals surface area contributed by atoms with E-state index in [1.807, 2.05) is 16.8 Å². The molecule has 5 nitrogen and oxygen atoms in total. The van der Waals surface area contributed by atoms with E-state index in [9.17, 15) is 5.11 Å². The van der Waals surface area contributed by atoms with Gasteiger partial charge in [-0.2, -0.15) is 16.3 Å². The number of aliphatic hydroxyl groups excluding tert-OH is 1. The Morgan fingerprint density at radius 1 is 1.64 bits per heavy atom. The average molecular weight is 211 g/mol. The molecular formula is C8H9N3O2S. The van der Waals surface area contributed by atoms with Crippen LogP contribution in [0, 0.1) is 0 Å². The van der Waals surface area contributed by atoms with Crippen molar-refractivity contribution in [2.24, 2.45) is 5.73 Å². The summed E-state index contributed by atoms with van der Waals surface area (Å²) in [5.41, 5.74) is 6.14. The number of rotatable bonds is 3. The van der Waals surface area contributed by atoms with E-state index >= 15 is 0 Å². The molecule has 2 heterocycles. The van der Waals surface area contributed by atoms with E-state index in [2.05, 4.69) is 10.1 Å². The Hall–Kier alpha value is -1.24. The second-order valence-corrected chi connectivity index (χ2v) is 3.50. The molecule has 0 aliphatic rings. The lowest BCUT2D eigenvalue weighted by molar-refractivity contribution is 0.141. The molecule has 0 fully saturated rings. The standard InChI is InChI=1S/C8H9N3O2S/c9-3-6(12)8-10-7(11-13-8)5-1-2-14-4-5/h1-2,4,6,12H,3,9H2. The fourth-order valence-electron chi connectivity index (χ4n) is 0.980. The Bertz CT molecular complexity index is 398. The van der Waals surface area contributed by atoms with Crippen LogP contribution in [-0.4, -0.2) is 21.8 Å². The van der Waals surface area contributed by atoms with Gasteiger partial charge in [0.1, 0.15) is 6.10 Å². The maximum absolute atomic E-state index is 9.32.